The van der Waals surface area contributed by atoms with Crippen molar-refractivity contribution in [1.82, 2.24) is 5.32 Å². The largest absolute Gasteiger partial charge is 0.493 e. The molecule has 1 fully saturated rings. The minimum Gasteiger partial charge on any atom is -0.493 e. The predicted molar refractivity (Wildman–Crippen MR) is 77.1 cm³/mol. The molecule has 102 valence electrons. The van der Waals surface area contributed by atoms with Crippen molar-refractivity contribution in [3.05, 3.63) is 29.0 Å². The summed E-state index contributed by atoms with van der Waals surface area (Å²) in [7, 11) is 1.72. The molecule has 3 rings (SSSR count). The van der Waals surface area contributed by atoms with E-state index in [4.69, 9.17) is 9.15 Å². The second-order valence-corrected chi connectivity index (χ2v) is 5.41. The van der Waals surface area contributed by atoms with Crippen molar-refractivity contribution in [3.63, 3.8) is 0 Å². The van der Waals surface area contributed by atoms with Crippen LogP contribution in [-0.4, -0.2) is 20.2 Å². The first-order chi connectivity index (χ1) is 9.20. The summed E-state index contributed by atoms with van der Waals surface area (Å²) in [5.41, 5.74) is 3.49. The Kier molecular flexibility index (Phi) is 3.23. The molecular formula is C16H21NO2. The van der Waals surface area contributed by atoms with Gasteiger partial charge in [0.05, 0.1) is 7.11 Å². The molecule has 2 heterocycles. The van der Waals surface area contributed by atoms with Gasteiger partial charge in [0.15, 0.2) is 11.3 Å². The number of aryl methyl sites for hydroxylation is 2. The van der Waals surface area contributed by atoms with Crippen LogP contribution in [0.4, 0.5) is 0 Å². The number of rotatable bonds is 2. The number of benzene rings is 1. The van der Waals surface area contributed by atoms with E-state index in [1.807, 2.05) is 6.92 Å². The molecule has 0 saturated carbocycles. The van der Waals surface area contributed by atoms with E-state index in [1.165, 1.54) is 29.4 Å². The molecule has 1 N–H and O–H groups in total. The Balaban J connectivity index is 2.12. The Hall–Kier alpha value is -1.48. The van der Waals surface area contributed by atoms with Crippen LogP contribution in [0.1, 0.15) is 35.6 Å². The molecule has 1 aromatic heterocycles. The number of hydrogen-bond acceptors (Lipinski definition) is 3. The Morgan fingerprint density at radius 1 is 1.21 bits per heavy atom. The van der Waals surface area contributed by atoms with Crippen molar-refractivity contribution in [2.75, 3.05) is 20.2 Å². The molecule has 2 aromatic rings. The summed E-state index contributed by atoms with van der Waals surface area (Å²) in [6, 6.07) is 4.44. The van der Waals surface area contributed by atoms with Gasteiger partial charge < -0.3 is 14.5 Å². The lowest BCUT2D eigenvalue weighted by Crippen LogP contribution is -2.26. The van der Waals surface area contributed by atoms with E-state index < -0.39 is 0 Å². The quantitative estimate of drug-likeness (QED) is 0.896. The van der Waals surface area contributed by atoms with Gasteiger partial charge in [-0.05, 0) is 69.0 Å². The molecule has 1 saturated heterocycles. The highest BCUT2D eigenvalue weighted by Crippen LogP contribution is 2.37. The van der Waals surface area contributed by atoms with E-state index in [0.717, 1.165) is 30.2 Å². The van der Waals surface area contributed by atoms with Crippen LogP contribution in [0.5, 0.6) is 5.75 Å². The maximum absolute atomic E-state index is 5.83. The number of methoxy groups -OCH3 is 1. The molecule has 0 amide bonds. The molecule has 1 aromatic carbocycles. The van der Waals surface area contributed by atoms with Gasteiger partial charge in [-0.2, -0.15) is 0 Å². The van der Waals surface area contributed by atoms with E-state index in [2.05, 4.69) is 24.4 Å². The number of ether oxygens (including phenoxy) is 1. The van der Waals surface area contributed by atoms with E-state index in [-0.39, 0.29) is 0 Å². The summed E-state index contributed by atoms with van der Waals surface area (Å²) in [5, 5.41) is 4.62. The van der Waals surface area contributed by atoms with Crippen LogP contribution >= 0.6 is 0 Å². The summed E-state index contributed by atoms with van der Waals surface area (Å²) >= 11 is 0. The van der Waals surface area contributed by atoms with Crippen molar-refractivity contribution in [1.29, 1.82) is 0 Å². The molecular weight excluding hydrogens is 238 g/mol. The van der Waals surface area contributed by atoms with Crippen molar-refractivity contribution >= 4 is 11.0 Å². The lowest BCUT2D eigenvalue weighted by molar-refractivity contribution is 0.405. The minimum atomic E-state index is 0.633. The van der Waals surface area contributed by atoms with Gasteiger partial charge in [0.2, 0.25) is 0 Å². The van der Waals surface area contributed by atoms with Gasteiger partial charge >= 0.3 is 0 Å². The normalized spacial score (nSPS) is 17.0. The fourth-order valence-electron chi connectivity index (χ4n) is 2.97. The maximum atomic E-state index is 5.83. The van der Waals surface area contributed by atoms with Gasteiger partial charge in [-0.3, -0.25) is 0 Å². The highest BCUT2D eigenvalue weighted by molar-refractivity contribution is 5.88. The lowest BCUT2D eigenvalue weighted by Gasteiger charge is -2.23. The molecule has 1 aliphatic heterocycles. The monoisotopic (exact) mass is 259 g/mol. The average Bonchev–Trinajstić information content (AvgIpc) is 2.75. The average molecular weight is 259 g/mol. The van der Waals surface area contributed by atoms with E-state index in [1.54, 1.807) is 7.11 Å². The molecule has 19 heavy (non-hydrogen) atoms. The molecule has 0 radical (unpaired) electrons. The smallest absolute Gasteiger partial charge is 0.176 e. The number of fused-ring (bicyclic) bond motifs is 1. The van der Waals surface area contributed by atoms with Gasteiger partial charge in [0, 0.05) is 5.39 Å². The zero-order valence-electron chi connectivity index (χ0n) is 11.9. The first kappa shape index (κ1) is 12.5. The molecule has 0 aliphatic carbocycles. The minimum absolute atomic E-state index is 0.633. The highest BCUT2D eigenvalue weighted by atomic mass is 16.5. The van der Waals surface area contributed by atoms with Crippen LogP contribution in [0.2, 0.25) is 0 Å². The highest BCUT2D eigenvalue weighted by Gasteiger charge is 2.19. The number of furan rings is 1. The van der Waals surface area contributed by atoms with Gasteiger partial charge in [-0.25, -0.2) is 0 Å². The molecule has 0 atom stereocenters. The van der Waals surface area contributed by atoms with Gasteiger partial charge in [0.25, 0.3) is 0 Å². The van der Waals surface area contributed by atoms with Crippen molar-refractivity contribution in [2.45, 2.75) is 32.6 Å². The van der Waals surface area contributed by atoms with Crippen LogP contribution in [-0.2, 0) is 0 Å². The fraction of sp³-hybridized carbons (Fsp3) is 0.500. The molecule has 3 nitrogen and oxygen atoms in total. The molecule has 1 aliphatic rings. The second-order valence-electron chi connectivity index (χ2n) is 5.41. The summed E-state index contributed by atoms with van der Waals surface area (Å²) in [6.45, 7) is 6.34. The Morgan fingerprint density at radius 3 is 2.63 bits per heavy atom. The first-order valence-electron chi connectivity index (χ1n) is 6.99. The van der Waals surface area contributed by atoms with Crippen LogP contribution in [0.15, 0.2) is 16.5 Å². The van der Waals surface area contributed by atoms with Crippen LogP contribution in [0.25, 0.3) is 11.0 Å². The summed E-state index contributed by atoms with van der Waals surface area (Å²) in [4.78, 5) is 0. The van der Waals surface area contributed by atoms with Gasteiger partial charge in [-0.15, -0.1) is 0 Å². The third-order valence-corrected chi connectivity index (χ3v) is 4.29. The second kappa shape index (κ2) is 4.89. The van der Waals surface area contributed by atoms with Gasteiger partial charge in [0.1, 0.15) is 5.76 Å². The zero-order chi connectivity index (χ0) is 13.4. The molecule has 0 spiro atoms. The molecule has 3 heteroatoms. The van der Waals surface area contributed by atoms with Crippen molar-refractivity contribution in [3.8, 4) is 5.75 Å². The predicted octanol–water partition coefficient (Wildman–Crippen LogP) is 3.53. The fourth-order valence-corrected chi connectivity index (χ4v) is 2.97. The first-order valence-corrected chi connectivity index (χ1v) is 6.99. The van der Waals surface area contributed by atoms with Gasteiger partial charge in [-0.1, -0.05) is 0 Å². The topological polar surface area (TPSA) is 34.4 Å². The van der Waals surface area contributed by atoms with E-state index in [0.29, 0.717) is 5.92 Å². The third kappa shape index (κ3) is 2.12. The SMILES string of the molecule is COc1cc(C2CCNCC2)cc2c(C)c(C)oc12. The van der Waals surface area contributed by atoms with Crippen LogP contribution in [0, 0.1) is 13.8 Å². The van der Waals surface area contributed by atoms with Crippen molar-refractivity contribution < 1.29 is 9.15 Å². The summed E-state index contributed by atoms with van der Waals surface area (Å²) in [5.74, 6) is 2.48. The number of nitrogens with one attached hydrogen (secondary N) is 1. The standard InChI is InChI=1S/C16H21NO2/c1-10-11(2)19-16-14(10)8-13(9-15(16)18-3)12-4-6-17-7-5-12/h8-9,12,17H,4-7H2,1-3H3. The summed E-state index contributed by atoms with van der Waals surface area (Å²) in [6.07, 6.45) is 2.40. The lowest BCUT2D eigenvalue weighted by atomic mass is 9.89. The molecule has 0 unspecified atom stereocenters. The Morgan fingerprint density at radius 2 is 1.95 bits per heavy atom. The maximum Gasteiger partial charge on any atom is 0.176 e. The Bertz CT molecular complexity index is 594. The molecule has 0 bridgehead atoms. The Labute approximate surface area is 113 Å². The van der Waals surface area contributed by atoms with E-state index >= 15 is 0 Å². The number of hydrogen-bond donors (Lipinski definition) is 1. The summed E-state index contributed by atoms with van der Waals surface area (Å²) < 4.78 is 11.3. The van der Waals surface area contributed by atoms with Crippen molar-refractivity contribution in [2.24, 2.45) is 0 Å². The van der Waals surface area contributed by atoms with E-state index in [9.17, 15) is 0 Å². The zero-order valence-corrected chi connectivity index (χ0v) is 11.9. The van der Waals surface area contributed by atoms with Crippen LogP contribution < -0.4 is 10.1 Å². The van der Waals surface area contributed by atoms with Crippen LogP contribution in [0.3, 0.4) is 0 Å². The number of piperidine rings is 1. The third-order valence-electron chi connectivity index (χ3n) is 4.29.